The van der Waals surface area contributed by atoms with Gasteiger partial charge in [0.15, 0.2) is 0 Å². The van der Waals surface area contributed by atoms with Gasteiger partial charge in [-0.1, -0.05) is 30.3 Å². The molecule has 3 amide bonds. The Hall–Kier alpha value is -2.87. The number of urea groups is 1. The fourth-order valence-corrected chi connectivity index (χ4v) is 2.79. The number of rotatable bonds is 7. The van der Waals surface area contributed by atoms with Gasteiger partial charge < -0.3 is 20.3 Å². The molecule has 1 atom stereocenters. The van der Waals surface area contributed by atoms with Crippen LogP contribution in [0.3, 0.4) is 0 Å². The van der Waals surface area contributed by atoms with Crippen molar-refractivity contribution in [3.8, 4) is 0 Å². The van der Waals surface area contributed by atoms with Gasteiger partial charge in [-0.05, 0) is 19.5 Å². The number of nitrogens with one attached hydrogen (secondary N) is 2. The first-order valence-corrected chi connectivity index (χ1v) is 8.74. The van der Waals surface area contributed by atoms with Gasteiger partial charge in [0.25, 0.3) is 0 Å². The lowest BCUT2D eigenvalue weighted by Gasteiger charge is -2.31. The number of hydrogen-bond acceptors (Lipinski definition) is 5. The summed E-state index contributed by atoms with van der Waals surface area (Å²) in [6.45, 7) is 2.34. The summed E-state index contributed by atoms with van der Waals surface area (Å²) in [5, 5.41) is 5.48. The highest BCUT2D eigenvalue weighted by atomic mass is 16.5. The van der Waals surface area contributed by atoms with Gasteiger partial charge in [-0.3, -0.25) is 9.69 Å². The summed E-state index contributed by atoms with van der Waals surface area (Å²) in [6.07, 6.45) is 0. The maximum atomic E-state index is 12.6. The number of nitrogens with zero attached hydrogens (tertiary/aromatic N) is 2. The molecule has 146 valence electrons. The van der Waals surface area contributed by atoms with Crippen molar-refractivity contribution >= 4 is 17.9 Å². The number of carbonyl (C=O) groups excluding carboxylic acids is 3. The van der Waals surface area contributed by atoms with E-state index in [-0.39, 0.29) is 25.6 Å². The predicted molar refractivity (Wildman–Crippen MR) is 101 cm³/mol. The van der Waals surface area contributed by atoms with Crippen LogP contribution in [0.1, 0.15) is 18.5 Å². The van der Waals surface area contributed by atoms with E-state index in [2.05, 4.69) is 10.6 Å². The van der Waals surface area contributed by atoms with E-state index in [9.17, 15) is 14.4 Å². The molecule has 1 heterocycles. The van der Waals surface area contributed by atoms with Gasteiger partial charge >= 0.3 is 12.0 Å². The van der Waals surface area contributed by atoms with Crippen LogP contribution >= 0.6 is 0 Å². The molecule has 1 aliphatic rings. The van der Waals surface area contributed by atoms with Gasteiger partial charge in [-0.15, -0.1) is 0 Å². The minimum atomic E-state index is -0.619. The van der Waals surface area contributed by atoms with Crippen molar-refractivity contribution in [1.82, 2.24) is 20.4 Å². The topological polar surface area (TPSA) is 91.0 Å². The van der Waals surface area contributed by atoms with Gasteiger partial charge in [0.2, 0.25) is 5.91 Å². The zero-order valence-electron chi connectivity index (χ0n) is 16.1. The zero-order chi connectivity index (χ0) is 20.0. The zero-order valence-corrected chi connectivity index (χ0v) is 16.1. The van der Waals surface area contributed by atoms with E-state index >= 15 is 0 Å². The van der Waals surface area contributed by atoms with Crippen LogP contribution < -0.4 is 10.6 Å². The normalized spacial score (nSPS) is 16.6. The lowest BCUT2D eigenvalue weighted by molar-refractivity contribution is -0.139. The summed E-state index contributed by atoms with van der Waals surface area (Å²) in [7, 11) is 5.11. The van der Waals surface area contributed by atoms with Crippen molar-refractivity contribution in [3.05, 3.63) is 47.2 Å². The monoisotopic (exact) mass is 374 g/mol. The van der Waals surface area contributed by atoms with E-state index in [1.165, 1.54) is 4.90 Å². The van der Waals surface area contributed by atoms with Crippen LogP contribution in [-0.2, 0) is 14.3 Å². The highest BCUT2D eigenvalue weighted by molar-refractivity contribution is 5.95. The molecule has 2 N–H and O–H groups in total. The van der Waals surface area contributed by atoms with Crippen LogP contribution in [0.5, 0.6) is 0 Å². The molecule has 27 heavy (non-hydrogen) atoms. The molecule has 8 heteroatoms. The quantitative estimate of drug-likeness (QED) is 0.692. The molecular weight excluding hydrogens is 348 g/mol. The van der Waals surface area contributed by atoms with Gasteiger partial charge in [0.05, 0.1) is 24.8 Å². The highest BCUT2D eigenvalue weighted by Gasteiger charge is 2.34. The molecule has 0 aromatic heterocycles. The molecule has 0 saturated carbocycles. The summed E-state index contributed by atoms with van der Waals surface area (Å²) in [5.74, 6) is -0.572. The van der Waals surface area contributed by atoms with E-state index in [1.54, 1.807) is 33.0 Å². The standard InChI is InChI=1S/C19H26N4O4/c1-5-27-18(25)16-14(11-23(4)12-15(24)22(2)3)20-19(26)21-17(16)13-9-7-6-8-10-13/h6-10,17H,5,11-12H2,1-4H3,(H2,20,21,26)/t17-/m0/s1. The van der Waals surface area contributed by atoms with Crippen LogP contribution in [0.15, 0.2) is 41.6 Å². The second-order valence-corrected chi connectivity index (χ2v) is 6.52. The molecule has 0 aliphatic carbocycles. The van der Waals surface area contributed by atoms with Crippen molar-refractivity contribution in [2.75, 3.05) is 40.8 Å². The number of esters is 1. The van der Waals surface area contributed by atoms with Gasteiger partial charge in [0, 0.05) is 26.3 Å². The molecular formula is C19H26N4O4. The number of benzene rings is 1. The van der Waals surface area contributed by atoms with Crippen LogP contribution in [0.4, 0.5) is 4.79 Å². The predicted octanol–water partition coefficient (Wildman–Crippen LogP) is 0.878. The third-order valence-electron chi connectivity index (χ3n) is 4.11. The summed E-state index contributed by atoms with van der Waals surface area (Å²) in [5.41, 5.74) is 1.55. The third-order valence-corrected chi connectivity index (χ3v) is 4.11. The van der Waals surface area contributed by atoms with Crippen molar-refractivity contribution in [1.29, 1.82) is 0 Å². The van der Waals surface area contributed by atoms with Crippen LogP contribution in [-0.4, -0.2) is 68.5 Å². The minimum absolute atomic E-state index is 0.0735. The number of likely N-dealkylation sites (N-methyl/N-ethyl adjacent to an activating group) is 2. The lowest BCUT2D eigenvalue weighted by Crippen LogP contribution is -2.48. The molecule has 2 rings (SSSR count). The van der Waals surface area contributed by atoms with E-state index in [4.69, 9.17) is 4.74 Å². The Balaban J connectivity index is 2.37. The molecule has 0 fully saturated rings. The van der Waals surface area contributed by atoms with Gasteiger partial charge in [0.1, 0.15) is 0 Å². The SMILES string of the molecule is CCOC(=O)C1=C(CN(C)CC(=O)N(C)C)NC(=O)N[C@H]1c1ccccc1. The molecule has 0 unspecified atom stereocenters. The molecule has 1 aromatic carbocycles. The second kappa shape index (κ2) is 9.18. The maximum absolute atomic E-state index is 12.6. The first kappa shape index (κ1) is 20.4. The molecule has 0 radical (unpaired) electrons. The van der Waals surface area contributed by atoms with Crippen LogP contribution in [0.2, 0.25) is 0 Å². The number of carbonyl (C=O) groups is 3. The fraction of sp³-hybridized carbons (Fsp3) is 0.421. The van der Waals surface area contributed by atoms with Crippen molar-refractivity contribution < 1.29 is 19.1 Å². The summed E-state index contributed by atoms with van der Waals surface area (Å²) in [6, 6.07) is 8.20. The minimum Gasteiger partial charge on any atom is -0.463 e. The molecule has 0 bridgehead atoms. The first-order chi connectivity index (χ1) is 12.8. The lowest BCUT2D eigenvalue weighted by atomic mass is 9.95. The van der Waals surface area contributed by atoms with Crippen molar-refractivity contribution in [2.24, 2.45) is 0 Å². The summed E-state index contributed by atoms with van der Waals surface area (Å²) in [4.78, 5) is 40.0. The van der Waals surface area contributed by atoms with Crippen LogP contribution in [0, 0.1) is 0 Å². The van der Waals surface area contributed by atoms with Gasteiger partial charge in [-0.2, -0.15) is 0 Å². The Morgan fingerprint density at radius 1 is 1.15 bits per heavy atom. The average molecular weight is 374 g/mol. The van der Waals surface area contributed by atoms with E-state index < -0.39 is 18.0 Å². The number of ether oxygens (including phenoxy) is 1. The van der Waals surface area contributed by atoms with Crippen molar-refractivity contribution in [2.45, 2.75) is 13.0 Å². The average Bonchev–Trinajstić information content (AvgIpc) is 2.61. The first-order valence-electron chi connectivity index (χ1n) is 8.74. The van der Waals surface area contributed by atoms with Crippen molar-refractivity contribution in [3.63, 3.8) is 0 Å². The maximum Gasteiger partial charge on any atom is 0.338 e. The molecule has 0 saturated heterocycles. The van der Waals surface area contributed by atoms with E-state index in [1.807, 2.05) is 30.3 Å². The Bertz CT molecular complexity index is 730. The Labute approximate surface area is 159 Å². The highest BCUT2D eigenvalue weighted by Crippen LogP contribution is 2.27. The molecule has 0 spiro atoms. The molecule has 1 aromatic rings. The third kappa shape index (κ3) is 5.30. The number of hydrogen-bond donors (Lipinski definition) is 2. The largest absolute Gasteiger partial charge is 0.463 e. The Morgan fingerprint density at radius 2 is 1.81 bits per heavy atom. The van der Waals surface area contributed by atoms with E-state index in [0.29, 0.717) is 11.3 Å². The van der Waals surface area contributed by atoms with Crippen LogP contribution in [0.25, 0.3) is 0 Å². The Kier molecular flexibility index (Phi) is 6.95. The summed E-state index contributed by atoms with van der Waals surface area (Å²) >= 11 is 0. The molecule has 8 nitrogen and oxygen atoms in total. The van der Waals surface area contributed by atoms with E-state index in [0.717, 1.165) is 5.56 Å². The second-order valence-electron chi connectivity index (χ2n) is 6.52. The fourth-order valence-electron chi connectivity index (χ4n) is 2.79. The number of amides is 3. The Morgan fingerprint density at radius 3 is 2.41 bits per heavy atom. The smallest absolute Gasteiger partial charge is 0.338 e. The molecule has 1 aliphatic heterocycles. The van der Waals surface area contributed by atoms with Gasteiger partial charge in [-0.25, -0.2) is 9.59 Å². The summed E-state index contributed by atoms with van der Waals surface area (Å²) < 4.78 is 5.22.